The first-order chi connectivity index (χ1) is 8.47. The molecule has 0 spiro atoms. The Bertz CT molecular complexity index is 428. The third kappa shape index (κ3) is 3.53. The Hall–Kier alpha value is -1.42. The number of hydrogen-bond acceptors (Lipinski definition) is 2. The fourth-order valence-electron chi connectivity index (χ4n) is 1.86. The van der Waals surface area contributed by atoms with Gasteiger partial charge in [-0.25, -0.2) is 0 Å². The lowest BCUT2D eigenvalue weighted by atomic mass is 10.0. The molecule has 98 valence electrons. The molecule has 3 nitrogen and oxygen atoms in total. The zero-order valence-corrected chi connectivity index (χ0v) is 12.0. The van der Waals surface area contributed by atoms with Crippen molar-refractivity contribution in [1.82, 2.24) is 0 Å². The van der Waals surface area contributed by atoms with Crippen LogP contribution in [0, 0.1) is 5.92 Å². The summed E-state index contributed by atoms with van der Waals surface area (Å²) in [5.74, 6) is 0.190. The largest absolute Gasteiger partial charge is 0.389 e. The number of carbonyl (C=O) groups is 1. The van der Waals surface area contributed by atoms with E-state index in [1.54, 1.807) is 11.9 Å². The van der Waals surface area contributed by atoms with Gasteiger partial charge in [-0.2, -0.15) is 0 Å². The monoisotopic (exact) mass is 264 g/mol. The maximum Gasteiger partial charge on any atom is 0.229 e. The molecule has 0 radical (unpaired) electrons. The lowest BCUT2D eigenvalue weighted by Crippen LogP contribution is -2.31. The zero-order chi connectivity index (χ0) is 13.7. The molecule has 2 N–H and O–H groups in total. The van der Waals surface area contributed by atoms with Crippen LogP contribution < -0.4 is 10.6 Å². The maximum absolute atomic E-state index is 12.1. The molecule has 0 aliphatic heterocycles. The Labute approximate surface area is 114 Å². The zero-order valence-electron chi connectivity index (χ0n) is 11.1. The minimum Gasteiger partial charge on any atom is -0.389 e. The van der Waals surface area contributed by atoms with Crippen LogP contribution in [0.2, 0.25) is 0 Å². The highest BCUT2D eigenvalue weighted by Gasteiger charge is 2.17. The number of benzene rings is 1. The number of amides is 1. The van der Waals surface area contributed by atoms with Gasteiger partial charge in [0.2, 0.25) is 5.91 Å². The molecule has 0 aliphatic rings. The van der Waals surface area contributed by atoms with Crippen LogP contribution >= 0.6 is 12.2 Å². The summed E-state index contributed by atoms with van der Waals surface area (Å²) >= 11 is 4.90. The number of nitrogens with zero attached hydrogens (tertiary/aromatic N) is 1. The SMILES string of the molecule is CCCC(C)C(=O)N(C)c1ccc(C(N)=S)cc1. The van der Waals surface area contributed by atoms with Gasteiger partial charge in [0.1, 0.15) is 4.99 Å². The number of hydrogen-bond donors (Lipinski definition) is 1. The summed E-state index contributed by atoms with van der Waals surface area (Å²) in [6.07, 6.45) is 1.93. The standard InChI is InChI=1S/C14H20N2OS/c1-4-5-10(2)14(17)16(3)12-8-6-11(7-9-12)13(15)18/h6-10H,4-5H2,1-3H3,(H2,15,18). The normalized spacial score (nSPS) is 11.9. The van der Waals surface area contributed by atoms with E-state index < -0.39 is 0 Å². The van der Waals surface area contributed by atoms with E-state index in [-0.39, 0.29) is 11.8 Å². The van der Waals surface area contributed by atoms with Crippen LogP contribution in [0.1, 0.15) is 32.3 Å². The molecule has 0 aliphatic carbocycles. The molecule has 1 aromatic carbocycles. The van der Waals surface area contributed by atoms with Gasteiger partial charge in [0, 0.05) is 24.2 Å². The molecular weight excluding hydrogens is 244 g/mol. The molecule has 4 heteroatoms. The van der Waals surface area contributed by atoms with Crippen molar-refractivity contribution in [3.05, 3.63) is 29.8 Å². The Kier molecular flexibility index (Phi) is 5.28. The van der Waals surface area contributed by atoms with Crippen LogP contribution in [0.5, 0.6) is 0 Å². The fraction of sp³-hybridized carbons (Fsp3) is 0.429. The Morgan fingerprint density at radius 1 is 1.39 bits per heavy atom. The number of thiocarbonyl (C=S) groups is 1. The van der Waals surface area contributed by atoms with Crippen molar-refractivity contribution in [2.75, 3.05) is 11.9 Å². The number of anilines is 1. The highest BCUT2D eigenvalue weighted by molar-refractivity contribution is 7.80. The van der Waals surface area contributed by atoms with E-state index in [9.17, 15) is 4.79 Å². The third-order valence-electron chi connectivity index (χ3n) is 3.01. The Morgan fingerprint density at radius 2 is 1.94 bits per heavy atom. The minimum absolute atomic E-state index is 0.0512. The first-order valence-corrected chi connectivity index (χ1v) is 6.55. The van der Waals surface area contributed by atoms with Crippen molar-refractivity contribution in [2.24, 2.45) is 11.7 Å². The van der Waals surface area contributed by atoms with Crippen LogP contribution in [0.4, 0.5) is 5.69 Å². The van der Waals surface area contributed by atoms with Crippen LogP contribution in [0.3, 0.4) is 0 Å². The van der Waals surface area contributed by atoms with E-state index in [0.717, 1.165) is 24.1 Å². The first-order valence-electron chi connectivity index (χ1n) is 6.14. The summed E-state index contributed by atoms with van der Waals surface area (Å²) in [5, 5.41) is 0. The molecule has 0 fully saturated rings. The predicted molar refractivity (Wildman–Crippen MR) is 79.8 cm³/mol. The minimum atomic E-state index is 0.0512. The fourth-order valence-corrected chi connectivity index (χ4v) is 2.00. The topological polar surface area (TPSA) is 46.3 Å². The average molecular weight is 264 g/mol. The van der Waals surface area contributed by atoms with Gasteiger partial charge in [0.15, 0.2) is 0 Å². The van der Waals surface area contributed by atoms with Gasteiger partial charge in [-0.05, 0) is 30.7 Å². The molecule has 0 bridgehead atoms. The van der Waals surface area contributed by atoms with Crippen LogP contribution in [0.15, 0.2) is 24.3 Å². The molecule has 0 heterocycles. The lowest BCUT2D eigenvalue weighted by molar-refractivity contribution is -0.121. The number of rotatable bonds is 5. The molecule has 1 atom stereocenters. The quantitative estimate of drug-likeness (QED) is 0.832. The first kappa shape index (κ1) is 14.6. The highest BCUT2D eigenvalue weighted by Crippen LogP contribution is 2.18. The summed E-state index contributed by atoms with van der Waals surface area (Å²) in [6.45, 7) is 4.05. The second kappa shape index (κ2) is 6.50. The number of nitrogens with two attached hydrogens (primary N) is 1. The summed E-state index contributed by atoms with van der Waals surface area (Å²) in [5.41, 5.74) is 7.22. The highest BCUT2D eigenvalue weighted by atomic mass is 32.1. The van der Waals surface area contributed by atoms with Gasteiger partial charge in [-0.15, -0.1) is 0 Å². The molecule has 0 saturated carbocycles. The summed E-state index contributed by atoms with van der Waals surface area (Å²) < 4.78 is 0. The van der Waals surface area contributed by atoms with Gasteiger partial charge in [0.25, 0.3) is 0 Å². The van der Waals surface area contributed by atoms with Crippen molar-refractivity contribution < 1.29 is 4.79 Å². The van der Waals surface area contributed by atoms with E-state index in [2.05, 4.69) is 6.92 Å². The Morgan fingerprint density at radius 3 is 2.39 bits per heavy atom. The second-order valence-corrected chi connectivity index (χ2v) is 4.94. The summed E-state index contributed by atoms with van der Waals surface area (Å²) in [4.78, 5) is 14.2. The predicted octanol–water partition coefficient (Wildman–Crippen LogP) is 2.72. The molecular formula is C14H20N2OS. The summed E-state index contributed by atoms with van der Waals surface area (Å²) in [6, 6.07) is 7.41. The van der Waals surface area contributed by atoms with Crippen molar-refractivity contribution in [1.29, 1.82) is 0 Å². The smallest absolute Gasteiger partial charge is 0.229 e. The average Bonchev–Trinajstić information content (AvgIpc) is 2.37. The van der Waals surface area contributed by atoms with Crippen LogP contribution in [-0.2, 0) is 4.79 Å². The molecule has 0 saturated heterocycles. The van der Waals surface area contributed by atoms with Crippen LogP contribution in [-0.4, -0.2) is 17.9 Å². The molecule has 1 amide bonds. The Balaban J connectivity index is 2.80. The van der Waals surface area contributed by atoms with Crippen molar-refractivity contribution >= 4 is 28.8 Å². The van der Waals surface area contributed by atoms with Crippen molar-refractivity contribution in [3.8, 4) is 0 Å². The summed E-state index contributed by atoms with van der Waals surface area (Å²) in [7, 11) is 1.80. The number of carbonyl (C=O) groups excluding carboxylic acids is 1. The van der Waals surface area contributed by atoms with Crippen molar-refractivity contribution in [2.45, 2.75) is 26.7 Å². The van der Waals surface area contributed by atoms with Gasteiger partial charge < -0.3 is 10.6 Å². The van der Waals surface area contributed by atoms with Crippen molar-refractivity contribution in [3.63, 3.8) is 0 Å². The molecule has 0 aromatic heterocycles. The van der Waals surface area contributed by atoms with Gasteiger partial charge in [0.05, 0.1) is 0 Å². The second-order valence-electron chi connectivity index (χ2n) is 4.50. The maximum atomic E-state index is 12.1. The van der Waals surface area contributed by atoms with E-state index in [1.165, 1.54) is 0 Å². The van der Waals surface area contributed by atoms with E-state index in [0.29, 0.717) is 4.99 Å². The molecule has 1 unspecified atom stereocenters. The molecule has 1 rings (SSSR count). The van der Waals surface area contributed by atoms with Crippen LogP contribution in [0.25, 0.3) is 0 Å². The van der Waals surface area contributed by atoms with E-state index >= 15 is 0 Å². The van der Waals surface area contributed by atoms with E-state index in [1.807, 2.05) is 31.2 Å². The van der Waals surface area contributed by atoms with Gasteiger partial charge >= 0.3 is 0 Å². The third-order valence-corrected chi connectivity index (χ3v) is 3.25. The van der Waals surface area contributed by atoms with E-state index in [4.69, 9.17) is 18.0 Å². The molecule has 18 heavy (non-hydrogen) atoms. The lowest BCUT2D eigenvalue weighted by Gasteiger charge is -2.21. The molecule has 1 aromatic rings. The van der Waals surface area contributed by atoms with Gasteiger partial charge in [-0.1, -0.05) is 32.5 Å². The van der Waals surface area contributed by atoms with Gasteiger partial charge in [-0.3, -0.25) is 4.79 Å².